The summed E-state index contributed by atoms with van der Waals surface area (Å²) in [5.41, 5.74) is 1.32. The Morgan fingerprint density at radius 1 is 1.33 bits per heavy atom. The van der Waals surface area contributed by atoms with E-state index >= 15 is 0 Å². The first kappa shape index (κ1) is 14.9. The summed E-state index contributed by atoms with van der Waals surface area (Å²) in [6.07, 6.45) is 3.87. The smallest absolute Gasteiger partial charge is 0.251 e. The van der Waals surface area contributed by atoms with Crippen molar-refractivity contribution in [3.8, 4) is 0 Å². The summed E-state index contributed by atoms with van der Waals surface area (Å²) in [6.45, 7) is 0.928. The third kappa shape index (κ3) is 3.72. The average molecular weight is 296 g/mol. The van der Waals surface area contributed by atoms with Gasteiger partial charge in [-0.25, -0.2) is 8.78 Å². The molecule has 1 heterocycles. The number of halogens is 2. The lowest BCUT2D eigenvalue weighted by molar-refractivity contribution is 0.0951. The zero-order chi connectivity index (χ0) is 15.2. The van der Waals surface area contributed by atoms with Crippen molar-refractivity contribution in [1.82, 2.24) is 20.3 Å². The summed E-state index contributed by atoms with van der Waals surface area (Å²) in [7, 11) is 0. The van der Waals surface area contributed by atoms with Gasteiger partial charge in [-0.15, -0.1) is 5.10 Å². The highest BCUT2D eigenvalue weighted by Gasteiger charge is 2.14. The normalized spacial score (nSPS) is 10.4. The Balaban J connectivity index is 1.88. The highest BCUT2D eigenvalue weighted by Crippen LogP contribution is 2.19. The molecule has 0 spiro atoms. The standard InChI is InChI=1S/C12H14F2N6O/c13-9-6-8(7-10(14)11(9)18-15)12(21)16-2-1-4-20-5-3-17-19-20/h3,5-7,18H,1-2,4,15H2,(H,16,21). The summed E-state index contributed by atoms with van der Waals surface area (Å²) < 4.78 is 28.5. The first-order valence-corrected chi connectivity index (χ1v) is 6.19. The lowest BCUT2D eigenvalue weighted by atomic mass is 10.1. The molecule has 0 unspecified atom stereocenters. The number of anilines is 1. The maximum Gasteiger partial charge on any atom is 0.251 e. The predicted molar refractivity (Wildman–Crippen MR) is 71.1 cm³/mol. The Bertz CT molecular complexity index is 593. The van der Waals surface area contributed by atoms with Gasteiger partial charge in [0.25, 0.3) is 5.91 Å². The molecule has 21 heavy (non-hydrogen) atoms. The van der Waals surface area contributed by atoms with E-state index in [4.69, 9.17) is 5.84 Å². The van der Waals surface area contributed by atoms with Crippen LogP contribution < -0.4 is 16.6 Å². The van der Waals surface area contributed by atoms with Crippen molar-refractivity contribution in [2.75, 3.05) is 12.0 Å². The maximum absolute atomic E-state index is 13.5. The first-order valence-electron chi connectivity index (χ1n) is 6.19. The largest absolute Gasteiger partial charge is 0.352 e. The van der Waals surface area contributed by atoms with E-state index in [2.05, 4.69) is 15.6 Å². The lowest BCUT2D eigenvalue weighted by Crippen LogP contribution is -2.26. The van der Waals surface area contributed by atoms with Crippen LogP contribution in [0, 0.1) is 11.6 Å². The van der Waals surface area contributed by atoms with Crippen LogP contribution in [-0.4, -0.2) is 27.4 Å². The van der Waals surface area contributed by atoms with Crippen molar-refractivity contribution in [2.24, 2.45) is 5.84 Å². The molecular formula is C12H14F2N6O. The van der Waals surface area contributed by atoms with E-state index in [9.17, 15) is 13.6 Å². The number of hydrogen-bond acceptors (Lipinski definition) is 5. The molecule has 1 amide bonds. The van der Waals surface area contributed by atoms with Crippen molar-refractivity contribution in [3.05, 3.63) is 41.7 Å². The number of nitrogens with zero attached hydrogens (tertiary/aromatic N) is 3. The third-order valence-electron chi connectivity index (χ3n) is 2.77. The average Bonchev–Trinajstić information content (AvgIpc) is 2.96. The van der Waals surface area contributed by atoms with Gasteiger partial charge in [-0.3, -0.25) is 15.3 Å². The van der Waals surface area contributed by atoms with E-state index in [1.807, 2.05) is 5.43 Å². The Morgan fingerprint density at radius 3 is 2.62 bits per heavy atom. The number of carbonyl (C=O) groups excluding carboxylic acids is 1. The molecule has 2 rings (SSSR count). The van der Waals surface area contributed by atoms with Gasteiger partial charge in [-0.1, -0.05) is 5.21 Å². The van der Waals surface area contributed by atoms with Gasteiger partial charge >= 0.3 is 0 Å². The zero-order valence-electron chi connectivity index (χ0n) is 11.0. The molecule has 1 aromatic heterocycles. The summed E-state index contributed by atoms with van der Waals surface area (Å²) >= 11 is 0. The summed E-state index contributed by atoms with van der Waals surface area (Å²) in [5, 5.41) is 9.98. The van der Waals surface area contributed by atoms with Crippen LogP contribution in [0.1, 0.15) is 16.8 Å². The monoisotopic (exact) mass is 296 g/mol. The number of nitrogen functional groups attached to an aromatic ring is 1. The molecule has 0 aliphatic heterocycles. The van der Waals surface area contributed by atoms with E-state index in [0.29, 0.717) is 19.5 Å². The molecule has 112 valence electrons. The summed E-state index contributed by atoms with van der Waals surface area (Å²) in [5.74, 6) is 2.57. The molecule has 0 aliphatic rings. The molecule has 0 aliphatic carbocycles. The van der Waals surface area contributed by atoms with Crippen molar-refractivity contribution in [1.29, 1.82) is 0 Å². The fraction of sp³-hybridized carbons (Fsp3) is 0.250. The molecule has 4 N–H and O–H groups in total. The number of nitrogens with one attached hydrogen (secondary N) is 2. The third-order valence-corrected chi connectivity index (χ3v) is 2.77. The number of aryl methyl sites for hydroxylation is 1. The number of carbonyl (C=O) groups is 1. The second-order valence-corrected chi connectivity index (χ2v) is 4.23. The van der Waals surface area contributed by atoms with E-state index in [1.165, 1.54) is 0 Å². The van der Waals surface area contributed by atoms with Gasteiger partial charge in [0.15, 0.2) is 11.6 Å². The number of amides is 1. The first-order chi connectivity index (χ1) is 10.1. The topological polar surface area (TPSA) is 97.9 Å². The van der Waals surface area contributed by atoms with Gasteiger partial charge in [0.05, 0.1) is 6.20 Å². The Hall–Kier alpha value is -2.55. The number of aromatic nitrogens is 3. The molecule has 2 aromatic rings. The number of nitrogens with two attached hydrogens (primary N) is 1. The van der Waals surface area contributed by atoms with Crippen LogP contribution in [0.5, 0.6) is 0 Å². The molecule has 0 radical (unpaired) electrons. The van der Waals surface area contributed by atoms with Crippen LogP contribution in [0.2, 0.25) is 0 Å². The van der Waals surface area contributed by atoms with Crippen LogP contribution in [0.4, 0.5) is 14.5 Å². The summed E-state index contributed by atoms with van der Waals surface area (Å²) in [6, 6.07) is 1.84. The van der Waals surface area contributed by atoms with Gasteiger partial charge in [0, 0.05) is 24.8 Å². The highest BCUT2D eigenvalue weighted by atomic mass is 19.1. The van der Waals surface area contributed by atoms with Crippen LogP contribution >= 0.6 is 0 Å². The zero-order valence-corrected chi connectivity index (χ0v) is 11.0. The molecular weight excluding hydrogens is 282 g/mol. The van der Waals surface area contributed by atoms with Crippen molar-refractivity contribution in [2.45, 2.75) is 13.0 Å². The van der Waals surface area contributed by atoms with Gasteiger partial charge < -0.3 is 10.7 Å². The Morgan fingerprint density at radius 2 is 2.05 bits per heavy atom. The van der Waals surface area contributed by atoms with Gasteiger partial charge in [-0.05, 0) is 18.6 Å². The number of benzene rings is 1. The molecule has 9 heteroatoms. The SMILES string of the molecule is NNc1c(F)cc(C(=O)NCCCn2ccnn2)cc1F. The van der Waals surface area contributed by atoms with Gasteiger partial charge in [0.1, 0.15) is 5.69 Å². The molecule has 7 nitrogen and oxygen atoms in total. The number of rotatable bonds is 6. The second-order valence-electron chi connectivity index (χ2n) is 4.23. The molecule has 0 fully saturated rings. The number of hydrogen-bond donors (Lipinski definition) is 3. The van der Waals surface area contributed by atoms with Crippen LogP contribution in [0.25, 0.3) is 0 Å². The Kier molecular flexibility index (Phi) is 4.77. The van der Waals surface area contributed by atoms with E-state index < -0.39 is 23.2 Å². The van der Waals surface area contributed by atoms with Crippen molar-refractivity contribution < 1.29 is 13.6 Å². The van der Waals surface area contributed by atoms with Crippen LogP contribution in [0.15, 0.2) is 24.5 Å². The summed E-state index contributed by atoms with van der Waals surface area (Å²) in [4.78, 5) is 11.8. The van der Waals surface area contributed by atoms with E-state index in [1.54, 1.807) is 17.1 Å². The number of hydrazine groups is 1. The fourth-order valence-corrected chi connectivity index (χ4v) is 1.74. The van der Waals surface area contributed by atoms with Crippen LogP contribution in [0.3, 0.4) is 0 Å². The predicted octanol–water partition coefficient (Wildman–Crippen LogP) is 0.662. The van der Waals surface area contributed by atoms with Gasteiger partial charge in [0.2, 0.25) is 0 Å². The lowest BCUT2D eigenvalue weighted by Gasteiger charge is -2.08. The van der Waals surface area contributed by atoms with E-state index in [0.717, 1.165) is 12.1 Å². The fourth-order valence-electron chi connectivity index (χ4n) is 1.74. The minimum Gasteiger partial charge on any atom is -0.352 e. The maximum atomic E-state index is 13.5. The molecule has 0 atom stereocenters. The molecule has 0 saturated carbocycles. The van der Waals surface area contributed by atoms with Crippen LogP contribution in [-0.2, 0) is 6.54 Å². The second kappa shape index (κ2) is 6.75. The molecule has 0 saturated heterocycles. The van der Waals surface area contributed by atoms with Crippen molar-refractivity contribution >= 4 is 11.6 Å². The highest BCUT2D eigenvalue weighted by molar-refractivity contribution is 5.94. The van der Waals surface area contributed by atoms with Gasteiger partial charge in [-0.2, -0.15) is 0 Å². The van der Waals surface area contributed by atoms with E-state index in [-0.39, 0.29) is 5.56 Å². The Labute approximate surface area is 119 Å². The minimum atomic E-state index is -0.926. The minimum absolute atomic E-state index is 0.107. The van der Waals surface area contributed by atoms with Crippen molar-refractivity contribution in [3.63, 3.8) is 0 Å². The quantitative estimate of drug-likeness (QED) is 0.413. The molecule has 0 bridgehead atoms. The molecule has 1 aromatic carbocycles.